The number of aliphatic hydroxyl groups is 2. The quantitative estimate of drug-likeness (QED) is 0.161. The molecule has 2 rings (SSSR count). The number of hydrogen-bond donors (Lipinski definition) is 5. The van der Waals surface area contributed by atoms with Gasteiger partial charge in [-0.2, -0.15) is 4.89 Å². The van der Waals surface area contributed by atoms with Crippen molar-refractivity contribution < 1.29 is 34.3 Å². The minimum Gasteiger partial charge on any atom is -0.508 e. The van der Waals surface area contributed by atoms with E-state index in [0.29, 0.717) is 30.0 Å². The molecule has 0 aliphatic carbocycles. The van der Waals surface area contributed by atoms with Crippen LogP contribution >= 0.6 is 8.03 Å². The fourth-order valence-corrected chi connectivity index (χ4v) is 4.20. The van der Waals surface area contributed by atoms with E-state index in [1.165, 1.54) is 6.07 Å². The summed E-state index contributed by atoms with van der Waals surface area (Å²) < 4.78 is 22.9. The van der Waals surface area contributed by atoms with Crippen molar-refractivity contribution in [1.82, 2.24) is 5.32 Å². The van der Waals surface area contributed by atoms with E-state index in [-0.39, 0.29) is 37.3 Å². The summed E-state index contributed by atoms with van der Waals surface area (Å²) in [7, 11) is -2.26. The average Bonchev–Trinajstić information content (AvgIpc) is 2.85. The molecule has 0 heterocycles. The fourth-order valence-electron chi connectivity index (χ4n) is 3.59. The zero-order valence-corrected chi connectivity index (χ0v) is 21.5. The lowest BCUT2D eigenvalue weighted by Gasteiger charge is -2.18. The molecule has 0 bridgehead atoms. The van der Waals surface area contributed by atoms with Gasteiger partial charge >= 0.3 is 8.03 Å². The van der Waals surface area contributed by atoms with Crippen molar-refractivity contribution >= 4 is 8.03 Å². The first-order valence-corrected chi connectivity index (χ1v) is 13.4. The van der Waals surface area contributed by atoms with E-state index in [1.807, 2.05) is 31.2 Å². The molecule has 0 aliphatic heterocycles. The van der Waals surface area contributed by atoms with Crippen LogP contribution in [0.2, 0.25) is 0 Å². The first kappa shape index (κ1) is 29.0. The zero-order valence-electron chi connectivity index (χ0n) is 20.6. The number of rotatable bonds is 17. The first-order valence-electron chi connectivity index (χ1n) is 12.2. The molecule has 0 spiro atoms. The number of nitrogens with one attached hydrogen (secondary N) is 1. The number of unbranched alkanes of at least 4 members (excludes halogenated alkanes) is 2. The molecule has 35 heavy (non-hydrogen) atoms. The molecule has 2 aromatic carbocycles. The van der Waals surface area contributed by atoms with E-state index in [4.69, 9.17) is 9.47 Å². The number of hydrogen-bond acceptors (Lipinski definition) is 7. The summed E-state index contributed by atoms with van der Waals surface area (Å²) in [4.78, 5) is 9.52. The van der Waals surface area contributed by atoms with Crippen LogP contribution in [0, 0.1) is 0 Å². The maximum Gasteiger partial charge on any atom is 0.512 e. The highest BCUT2D eigenvalue weighted by Gasteiger charge is 2.29. The molecule has 4 unspecified atom stereocenters. The molecule has 0 amide bonds. The lowest BCUT2D eigenvalue weighted by atomic mass is 10.1. The van der Waals surface area contributed by atoms with Crippen molar-refractivity contribution in [3.8, 4) is 17.2 Å². The van der Waals surface area contributed by atoms with E-state index in [9.17, 15) is 24.8 Å². The summed E-state index contributed by atoms with van der Waals surface area (Å²) in [5, 5.41) is 32.3. The fraction of sp³-hybridized carbons (Fsp3) is 0.538. The Labute approximate surface area is 208 Å². The predicted octanol–water partition coefficient (Wildman–Crippen LogP) is 3.91. The smallest absolute Gasteiger partial charge is 0.508 e. The lowest BCUT2D eigenvalue weighted by Crippen LogP contribution is -2.37. The maximum absolute atomic E-state index is 11.6. The van der Waals surface area contributed by atoms with Crippen LogP contribution in [-0.4, -0.2) is 57.8 Å². The first-order chi connectivity index (χ1) is 16.8. The van der Waals surface area contributed by atoms with Gasteiger partial charge in [-0.25, -0.2) is 0 Å². The number of aliphatic hydroxyl groups excluding tert-OH is 2. The Bertz CT molecular complexity index is 894. The molecule has 9 heteroatoms. The van der Waals surface area contributed by atoms with Crippen molar-refractivity contribution in [3.63, 3.8) is 0 Å². The summed E-state index contributed by atoms with van der Waals surface area (Å²) in [5.41, 5.74) is 1.13. The second kappa shape index (κ2) is 15.7. The van der Waals surface area contributed by atoms with Crippen molar-refractivity contribution in [2.24, 2.45) is 0 Å². The van der Waals surface area contributed by atoms with E-state index in [2.05, 4.69) is 12.2 Å². The van der Waals surface area contributed by atoms with Crippen LogP contribution in [0.15, 0.2) is 42.5 Å². The Kier molecular flexibility index (Phi) is 13.0. The Hall–Kier alpha value is -2.22. The van der Waals surface area contributed by atoms with E-state index in [1.54, 1.807) is 12.1 Å². The predicted molar refractivity (Wildman–Crippen MR) is 136 cm³/mol. The molecule has 2 aromatic rings. The maximum atomic E-state index is 11.6. The van der Waals surface area contributed by atoms with Gasteiger partial charge in [0.1, 0.15) is 36.6 Å². The summed E-state index contributed by atoms with van der Waals surface area (Å²) >= 11 is 0. The van der Waals surface area contributed by atoms with Crippen LogP contribution in [0.3, 0.4) is 0 Å². The van der Waals surface area contributed by atoms with Gasteiger partial charge in [-0.3, -0.25) is 0 Å². The van der Waals surface area contributed by atoms with Gasteiger partial charge in [0.05, 0.1) is 6.61 Å². The molecule has 194 valence electrons. The molecule has 4 atom stereocenters. The van der Waals surface area contributed by atoms with Crippen LogP contribution in [0.25, 0.3) is 0 Å². The third-order valence-electron chi connectivity index (χ3n) is 5.73. The Balaban J connectivity index is 1.71. The van der Waals surface area contributed by atoms with Crippen molar-refractivity contribution in [2.75, 3.05) is 19.8 Å². The van der Waals surface area contributed by atoms with Gasteiger partial charge in [0.25, 0.3) is 0 Å². The van der Waals surface area contributed by atoms with Crippen LogP contribution < -0.4 is 14.8 Å². The van der Waals surface area contributed by atoms with E-state index in [0.717, 1.165) is 31.2 Å². The van der Waals surface area contributed by atoms with Crippen LogP contribution in [-0.2, 0) is 17.6 Å². The number of aromatic hydroxyl groups is 1. The normalized spacial score (nSPS) is 14.3. The van der Waals surface area contributed by atoms with Crippen LogP contribution in [0.5, 0.6) is 17.2 Å². The van der Waals surface area contributed by atoms with E-state index >= 15 is 0 Å². The van der Waals surface area contributed by atoms with Gasteiger partial charge in [-0.1, -0.05) is 31.9 Å². The standard InChI is InChI=1S/C26H38NO7P/c1-3-4-5-6-25(35(31)32)18-34-23-9-7-20(8-10-23)13-19(2)27-15-22(29)17-33-24-11-12-26(30)21(14-24)16-28/h7-12,14,19,22,25,27-29H,3-6,13,15-18H2,1-2H3,(H-,30,31,32)/p+1. The average molecular weight is 509 g/mol. The third-order valence-corrected chi connectivity index (χ3v) is 6.76. The van der Waals surface area contributed by atoms with Gasteiger partial charge in [0.2, 0.25) is 5.66 Å². The minimum absolute atomic E-state index is 0.00382. The molecule has 8 nitrogen and oxygen atoms in total. The largest absolute Gasteiger partial charge is 0.512 e. The molecule has 5 N–H and O–H groups in total. The highest BCUT2D eigenvalue weighted by atomic mass is 31.1. The monoisotopic (exact) mass is 508 g/mol. The second-order valence-corrected chi connectivity index (χ2v) is 10.2. The molecular weight excluding hydrogens is 469 g/mol. The Morgan fingerprint density at radius 3 is 2.37 bits per heavy atom. The number of phenols is 1. The van der Waals surface area contributed by atoms with Gasteiger partial charge in [0, 0.05) is 24.6 Å². The SMILES string of the molecule is CCCCCC(COc1ccc(CC(C)NCC(O)COc2ccc(O)c(CO)c2)cc1)[P+](=O)O. The Morgan fingerprint density at radius 1 is 1.03 bits per heavy atom. The number of ether oxygens (including phenoxy) is 2. The van der Waals surface area contributed by atoms with Crippen molar-refractivity contribution in [1.29, 1.82) is 0 Å². The highest BCUT2D eigenvalue weighted by molar-refractivity contribution is 7.38. The zero-order chi connectivity index (χ0) is 25.6. The lowest BCUT2D eigenvalue weighted by molar-refractivity contribution is 0.104. The van der Waals surface area contributed by atoms with Gasteiger partial charge < -0.3 is 30.1 Å². The molecule has 0 saturated heterocycles. The Morgan fingerprint density at radius 2 is 1.71 bits per heavy atom. The van der Waals surface area contributed by atoms with Crippen molar-refractivity contribution in [3.05, 3.63) is 53.6 Å². The van der Waals surface area contributed by atoms with Gasteiger partial charge in [-0.15, -0.1) is 0 Å². The molecule has 0 aliphatic rings. The van der Waals surface area contributed by atoms with Gasteiger partial charge in [0.15, 0.2) is 0 Å². The summed E-state index contributed by atoms with van der Waals surface area (Å²) in [6.45, 7) is 4.52. The molecule has 0 fully saturated rings. The third kappa shape index (κ3) is 10.9. The molecule has 0 aromatic heterocycles. The molecule has 0 saturated carbocycles. The topological polar surface area (TPSA) is 128 Å². The van der Waals surface area contributed by atoms with Gasteiger partial charge in [-0.05, 0) is 60.2 Å². The summed E-state index contributed by atoms with van der Waals surface area (Å²) in [6.07, 6.45) is 3.78. The second-order valence-electron chi connectivity index (χ2n) is 8.83. The minimum atomic E-state index is -2.26. The van der Waals surface area contributed by atoms with Crippen LogP contribution in [0.1, 0.15) is 50.7 Å². The van der Waals surface area contributed by atoms with Crippen molar-refractivity contribution in [2.45, 2.75) is 70.4 Å². The highest BCUT2D eigenvalue weighted by Crippen LogP contribution is 2.28. The summed E-state index contributed by atoms with van der Waals surface area (Å²) in [5.74, 6) is 1.15. The van der Waals surface area contributed by atoms with E-state index < -0.39 is 14.1 Å². The summed E-state index contributed by atoms with van der Waals surface area (Å²) in [6, 6.07) is 12.4. The molecular formula is C26H39NO7P+. The van der Waals surface area contributed by atoms with Crippen LogP contribution in [0.4, 0.5) is 0 Å². The number of benzene rings is 2. The molecule has 0 radical (unpaired) electrons.